The molecule has 0 spiro atoms. The highest BCUT2D eigenvalue weighted by molar-refractivity contribution is 7.10. The van der Waals surface area contributed by atoms with E-state index in [4.69, 9.17) is 0 Å². The van der Waals surface area contributed by atoms with Gasteiger partial charge in [-0.25, -0.2) is 4.68 Å². The van der Waals surface area contributed by atoms with Gasteiger partial charge < -0.3 is 5.32 Å². The highest BCUT2D eigenvalue weighted by atomic mass is 32.1. The SMILES string of the molecule is CC(C)Cn1nc(C(=O)NCCN2CCc3sccc3C2)c2ccccc2c1=O. The third kappa shape index (κ3) is 4.26. The maximum atomic E-state index is 12.9. The second kappa shape index (κ2) is 8.47. The van der Waals surface area contributed by atoms with Gasteiger partial charge in [0.15, 0.2) is 5.69 Å². The van der Waals surface area contributed by atoms with Crippen molar-refractivity contribution in [2.75, 3.05) is 19.6 Å². The van der Waals surface area contributed by atoms with Crippen molar-refractivity contribution in [2.45, 2.75) is 33.4 Å². The van der Waals surface area contributed by atoms with E-state index in [0.717, 1.165) is 26.1 Å². The fourth-order valence-corrected chi connectivity index (χ4v) is 4.67. The van der Waals surface area contributed by atoms with E-state index in [-0.39, 0.29) is 17.4 Å². The molecule has 1 aliphatic rings. The van der Waals surface area contributed by atoms with Crippen LogP contribution in [0.5, 0.6) is 0 Å². The number of hydrogen-bond donors (Lipinski definition) is 1. The van der Waals surface area contributed by atoms with Crippen molar-refractivity contribution in [3.8, 4) is 0 Å². The van der Waals surface area contributed by atoms with Crippen LogP contribution in [-0.2, 0) is 19.5 Å². The molecular weight excluding hydrogens is 384 g/mol. The number of rotatable bonds is 6. The van der Waals surface area contributed by atoms with Crippen LogP contribution >= 0.6 is 11.3 Å². The smallest absolute Gasteiger partial charge is 0.274 e. The first-order valence-corrected chi connectivity index (χ1v) is 11.0. The summed E-state index contributed by atoms with van der Waals surface area (Å²) in [6.07, 6.45) is 1.08. The van der Waals surface area contributed by atoms with Crippen molar-refractivity contribution >= 4 is 28.0 Å². The second-order valence-corrected chi connectivity index (χ2v) is 8.93. The van der Waals surface area contributed by atoms with Gasteiger partial charge in [-0.05, 0) is 35.4 Å². The Morgan fingerprint density at radius 2 is 2.03 bits per heavy atom. The lowest BCUT2D eigenvalue weighted by Gasteiger charge is -2.26. The number of aromatic nitrogens is 2. The van der Waals surface area contributed by atoms with E-state index in [2.05, 4.69) is 26.8 Å². The average Bonchev–Trinajstić information content (AvgIpc) is 3.17. The molecule has 0 atom stereocenters. The van der Waals surface area contributed by atoms with Crippen LogP contribution in [0, 0.1) is 5.92 Å². The van der Waals surface area contributed by atoms with E-state index in [1.807, 2.05) is 37.3 Å². The minimum absolute atomic E-state index is 0.147. The molecule has 2 aromatic heterocycles. The molecule has 6 nitrogen and oxygen atoms in total. The van der Waals surface area contributed by atoms with Crippen molar-refractivity contribution in [1.82, 2.24) is 20.0 Å². The largest absolute Gasteiger partial charge is 0.349 e. The molecule has 7 heteroatoms. The maximum Gasteiger partial charge on any atom is 0.274 e. The first kappa shape index (κ1) is 19.8. The molecule has 0 bridgehead atoms. The summed E-state index contributed by atoms with van der Waals surface area (Å²) in [5.74, 6) is 0.0327. The standard InChI is InChI=1S/C22H26N4O2S/c1-15(2)13-26-22(28)18-6-4-3-5-17(18)20(24-26)21(27)23-9-11-25-10-7-19-16(14-25)8-12-29-19/h3-6,8,12,15H,7,9-11,13-14H2,1-2H3,(H,23,27). The van der Waals surface area contributed by atoms with Crippen LogP contribution in [0.15, 0.2) is 40.5 Å². The zero-order chi connectivity index (χ0) is 20.4. The lowest BCUT2D eigenvalue weighted by molar-refractivity contribution is 0.0941. The summed E-state index contributed by atoms with van der Waals surface area (Å²) < 4.78 is 1.42. The van der Waals surface area contributed by atoms with Gasteiger partial charge in [-0.2, -0.15) is 5.10 Å². The second-order valence-electron chi connectivity index (χ2n) is 7.93. The third-order valence-corrected chi connectivity index (χ3v) is 6.24. The van der Waals surface area contributed by atoms with Crippen LogP contribution in [0.2, 0.25) is 0 Å². The number of thiophene rings is 1. The van der Waals surface area contributed by atoms with Crippen LogP contribution < -0.4 is 10.9 Å². The summed E-state index contributed by atoms with van der Waals surface area (Å²) in [6, 6.07) is 9.40. The summed E-state index contributed by atoms with van der Waals surface area (Å²) in [5, 5.41) is 10.7. The first-order chi connectivity index (χ1) is 14.0. The Kier molecular flexibility index (Phi) is 5.78. The number of nitrogens with one attached hydrogen (secondary N) is 1. The molecule has 3 aromatic rings. The Morgan fingerprint density at radius 1 is 1.24 bits per heavy atom. The minimum Gasteiger partial charge on any atom is -0.349 e. The molecule has 0 saturated carbocycles. The zero-order valence-electron chi connectivity index (χ0n) is 16.9. The number of carbonyl (C=O) groups excluding carboxylic acids is 1. The highest BCUT2D eigenvalue weighted by Crippen LogP contribution is 2.23. The average molecular weight is 411 g/mol. The number of fused-ring (bicyclic) bond motifs is 2. The lowest BCUT2D eigenvalue weighted by atomic mass is 10.1. The third-order valence-electron chi connectivity index (χ3n) is 5.22. The van der Waals surface area contributed by atoms with E-state index < -0.39 is 0 Å². The molecule has 0 unspecified atom stereocenters. The summed E-state index contributed by atoms with van der Waals surface area (Å²) in [4.78, 5) is 29.4. The van der Waals surface area contributed by atoms with Gasteiger partial charge in [-0.3, -0.25) is 14.5 Å². The number of benzene rings is 1. The predicted octanol–water partition coefficient (Wildman–Crippen LogP) is 2.90. The Hall–Kier alpha value is -2.51. The van der Waals surface area contributed by atoms with Gasteiger partial charge in [0.05, 0.1) is 5.39 Å². The topological polar surface area (TPSA) is 67.2 Å². The number of carbonyl (C=O) groups is 1. The van der Waals surface area contributed by atoms with Crippen LogP contribution in [-0.4, -0.2) is 40.2 Å². The van der Waals surface area contributed by atoms with E-state index in [1.54, 1.807) is 12.1 Å². The normalized spacial score (nSPS) is 14.3. The molecule has 0 radical (unpaired) electrons. The molecule has 0 aliphatic carbocycles. The summed E-state index contributed by atoms with van der Waals surface area (Å²) in [5.41, 5.74) is 1.58. The van der Waals surface area contributed by atoms with Crippen molar-refractivity contribution in [1.29, 1.82) is 0 Å². The molecule has 1 amide bonds. The van der Waals surface area contributed by atoms with E-state index in [0.29, 0.717) is 29.6 Å². The zero-order valence-corrected chi connectivity index (χ0v) is 17.7. The van der Waals surface area contributed by atoms with Gasteiger partial charge in [-0.1, -0.05) is 32.0 Å². The first-order valence-electron chi connectivity index (χ1n) is 10.1. The molecule has 1 aliphatic heterocycles. The predicted molar refractivity (Wildman–Crippen MR) is 116 cm³/mol. The van der Waals surface area contributed by atoms with Gasteiger partial charge >= 0.3 is 0 Å². The number of nitrogens with zero attached hydrogens (tertiary/aromatic N) is 3. The Balaban J connectivity index is 1.48. The van der Waals surface area contributed by atoms with Crippen LogP contribution in [0.3, 0.4) is 0 Å². The highest BCUT2D eigenvalue weighted by Gasteiger charge is 2.19. The van der Waals surface area contributed by atoms with Crippen LogP contribution in [0.25, 0.3) is 10.8 Å². The molecule has 0 fully saturated rings. The summed E-state index contributed by atoms with van der Waals surface area (Å²) >= 11 is 1.83. The molecule has 29 heavy (non-hydrogen) atoms. The van der Waals surface area contributed by atoms with Gasteiger partial charge in [0.2, 0.25) is 0 Å². The Morgan fingerprint density at radius 3 is 2.83 bits per heavy atom. The number of amides is 1. The molecule has 1 N–H and O–H groups in total. The Labute approximate surface area is 174 Å². The molecule has 1 aromatic carbocycles. The molecule has 4 rings (SSSR count). The molecule has 0 saturated heterocycles. The summed E-state index contributed by atoms with van der Waals surface area (Å²) in [7, 11) is 0. The van der Waals surface area contributed by atoms with Gasteiger partial charge in [0, 0.05) is 43.0 Å². The van der Waals surface area contributed by atoms with Crippen LogP contribution in [0.1, 0.15) is 34.8 Å². The summed E-state index contributed by atoms with van der Waals surface area (Å²) in [6.45, 7) is 7.85. The monoisotopic (exact) mass is 410 g/mol. The minimum atomic E-state index is -0.230. The van der Waals surface area contributed by atoms with Gasteiger partial charge in [0.1, 0.15) is 0 Å². The van der Waals surface area contributed by atoms with Gasteiger partial charge in [0.25, 0.3) is 11.5 Å². The molecule has 3 heterocycles. The fraction of sp³-hybridized carbons (Fsp3) is 0.409. The molecule has 152 valence electrons. The fourth-order valence-electron chi connectivity index (χ4n) is 3.78. The molecular formula is C22H26N4O2S. The Bertz CT molecular complexity index is 1090. The van der Waals surface area contributed by atoms with E-state index in [1.165, 1.54) is 15.1 Å². The van der Waals surface area contributed by atoms with Crippen LogP contribution in [0.4, 0.5) is 0 Å². The van der Waals surface area contributed by atoms with Crippen molar-refractivity contribution in [3.05, 3.63) is 62.2 Å². The van der Waals surface area contributed by atoms with E-state index in [9.17, 15) is 9.59 Å². The van der Waals surface area contributed by atoms with Crippen molar-refractivity contribution in [3.63, 3.8) is 0 Å². The van der Waals surface area contributed by atoms with Gasteiger partial charge in [-0.15, -0.1) is 11.3 Å². The number of hydrogen-bond acceptors (Lipinski definition) is 5. The quantitative estimate of drug-likeness (QED) is 0.679. The van der Waals surface area contributed by atoms with Crippen molar-refractivity contribution < 1.29 is 4.79 Å². The van der Waals surface area contributed by atoms with Crippen molar-refractivity contribution in [2.24, 2.45) is 5.92 Å². The van der Waals surface area contributed by atoms with E-state index >= 15 is 0 Å². The lowest BCUT2D eigenvalue weighted by Crippen LogP contribution is -2.38. The maximum absolute atomic E-state index is 12.9.